The summed E-state index contributed by atoms with van der Waals surface area (Å²) in [5, 5.41) is 5.01. The number of carbonyl (C=O) groups excluding carboxylic acids is 2. The number of nitrogens with two attached hydrogens (primary N) is 1. The number of rotatable bonds is 7. The van der Waals surface area contributed by atoms with Crippen molar-refractivity contribution >= 4 is 45.6 Å². The maximum atomic E-state index is 11.8. The molecule has 0 aliphatic heterocycles. The van der Waals surface area contributed by atoms with Crippen molar-refractivity contribution in [2.24, 2.45) is 11.7 Å². The molecule has 8 nitrogen and oxygen atoms in total. The molecule has 136 valence electrons. The Morgan fingerprint density at radius 2 is 1.79 bits per heavy atom. The molecule has 0 bridgehead atoms. The van der Waals surface area contributed by atoms with Crippen molar-refractivity contribution in [3.63, 3.8) is 0 Å². The number of anilines is 2. The molecule has 0 saturated carbocycles. The fraction of sp³-hybridized carbons (Fsp3) is 0.429. The van der Waals surface area contributed by atoms with Gasteiger partial charge in [-0.25, -0.2) is 8.42 Å². The first-order chi connectivity index (χ1) is 10.6. The number of carbonyl (C=O) groups is 2. The molecular weight excluding hydrogens is 356 g/mol. The molecule has 0 fully saturated rings. The van der Waals surface area contributed by atoms with Crippen LogP contribution in [0.2, 0.25) is 0 Å². The molecule has 1 aromatic rings. The van der Waals surface area contributed by atoms with Gasteiger partial charge in [0.1, 0.15) is 0 Å². The van der Waals surface area contributed by atoms with E-state index in [-0.39, 0.29) is 24.9 Å². The van der Waals surface area contributed by atoms with Crippen molar-refractivity contribution in [2.45, 2.75) is 19.9 Å². The van der Waals surface area contributed by atoms with E-state index in [1.807, 2.05) is 13.8 Å². The topological polar surface area (TPSA) is 130 Å². The van der Waals surface area contributed by atoms with Crippen LogP contribution >= 0.6 is 12.4 Å². The van der Waals surface area contributed by atoms with E-state index >= 15 is 0 Å². The summed E-state index contributed by atoms with van der Waals surface area (Å²) in [6, 6.07) is 5.55. The van der Waals surface area contributed by atoms with E-state index in [1.165, 1.54) is 6.07 Å². The third-order valence-corrected chi connectivity index (χ3v) is 3.50. The van der Waals surface area contributed by atoms with E-state index in [1.54, 1.807) is 18.2 Å². The zero-order valence-corrected chi connectivity index (χ0v) is 15.3. The second-order valence-corrected chi connectivity index (χ2v) is 7.24. The Kier molecular flexibility index (Phi) is 8.73. The van der Waals surface area contributed by atoms with Crippen molar-refractivity contribution in [2.75, 3.05) is 22.8 Å². The van der Waals surface area contributed by atoms with E-state index in [2.05, 4.69) is 15.4 Å². The van der Waals surface area contributed by atoms with Crippen molar-refractivity contribution in [1.82, 2.24) is 5.32 Å². The van der Waals surface area contributed by atoms with Gasteiger partial charge in [-0.05, 0) is 24.1 Å². The highest BCUT2D eigenvalue weighted by atomic mass is 35.5. The largest absolute Gasteiger partial charge is 0.346 e. The third kappa shape index (κ3) is 8.14. The summed E-state index contributed by atoms with van der Waals surface area (Å²) >= 11 is 0. The molecule has 1 atom stereocenters. The van der Waals surface area contributed by atoms with Crippen LogP contribution in [-0.4, -0.2) is 39.1 Å². The van der Waals surface area contributed by atoms with Crippen molar-refractivity contribution in [3.8, 4) is 0 Å². The molecule has 0 aromatic heterocycles. The second kappa shape index (κ2) is 9.45. The van der Waals surface area contributed by atoms with Crippen molar-refractivity contribution in [1.29, 1.82) is 0 Å². The number of benzene rings is 1. The minimum atomic E-state index is -3.40. The average molecular weight is 379 g/mol. The number of amides is 2. The van der Waals surface area contributed by atoms with Gasteiger partial charge in [0.2, 0.25) is 21.8 Å². The summed E-state index contributed by atoms with van der Waals surface area (Å²) < 4.78 is 24.7. The van der Waals surface area contributed by atoms with Gasteiger partial charge in [-0.1, -0.05) is 19.9 Å². The van der Waals surface area contributed by atoms with Crippen LogP contribution < -0.4 is 21.1 Å². The van der Waals surface area contributed by atoms with Gasteiger partial charge in [0.15, 0.2) is 0 Å². The van der Waals surface area contributed by atoms with E-state index < -0.39 is 27.9 Å². The van der Waals surface area contributed by atoms with E-state index in [9.17, 15) is 18.0 Å². The van der Waals surface area contributed by atoms with Gasteiger partial charge in [0.25, 0.3) is 0 Å². The molecule has 0 aliphatic carbocycles. The summed E-state index contributed by atoms with van der Waals surface area (Å²) in [7, 11) is -3.40. The fourth-order valence-electron chi connectivity index (χ4n) is 1.67. The molecule has 10 heteroatoms. The van der Waals surface area contributed by atoms with Crippen LogP contribution in [0.15, 0.2) is 24.3 Å². The highest BCUT2D eigenvalue weighted by Crippen LogP contribution is 2.15. The zero-order chi connectivity index (χ0) is 17.6. The number of halogens is 1. The van der Waals surface area contributed by atoms with E-state index in [4.69, 9.17) is 5.73 Å². The molecule has 0 unspecified atom stereocenters. The van der Waals surface area contributed by atoms with Crippen LogP contribution in [0.25, 0.3) is 0 Å². The van der Waals surface area contributed by atoms with Crippen LogP contribution in [0.3, 0.4) is 0 Å². The van der Waals surface area contributed by atoms with Gasteiger partial charge in [0.05, 0.1) is 24.5 Å². The molecule has 2 amide bonds. The zero-order valence-electron chi connectivity index (χ0n) is 13.7. The van der Waals surface area contributed by atoms with Crippen LogP contribution in [0, 0.1) is 5.92 Å². The van der Waals surface area contributed by atoms with Gasteiger partial charge >= 0.3 is 0 Å². The Hall–Kier alpha value is -1.84. The molecule has 0 saturated heterocycles. The molecule has 24 heavy (non-hydrogen) atoms. The highest BCUT2D eigenvalue weighted by molar-refractivity contribution is 7.92. The van der Waals surface area contributed by atoms with Crippen LogP contribution in [-0.2, 0) is 19.6 Å². The Bertz CT molecular complexity index is 679. The summed E-state index contributed by atoms with van der Waals surface area (Å²) in [6.07, 6.45) is 1.03. The molecule has 0 aliphatic rings. The molecule has 0 heterocycles. The molecule has 1 rings (SSSR count). The van der Waals surface area contributed by atoms with E-state index in [0.29, 0.717) is 11.4 Å². The summed E-state index contributed by atoms with van der Waals surface area (Å²) in [5.41, 5.74) is 6.41. The summed E-state index contributed by atoms with van der Waals surface area (Å²) in [6.45, 7) is 3.40. The summed E-state index contributed by atoms with van der Waals surface area (Å²) in [5.74, 6) is -0.870. The van der Waals surface area contributed by atoms with E-state index in [0.717, 1.165) is 6.26 Å². The Morgan fingerprint density at radius 3 is 2.33 bits per heavy atom. The molecular formula is C14H23ClN4O4S. The predicted molar refractivity (Wildman–Crippen MR) is 96.6 cm³/mol. The Labute approximate surface area is 148 Å². The lowest BCUT2D eigenvalue weighted by Crippen LogP contribution is -2.46. The summed E-state index contributed by atoms with van der Waals surface area (Å²) in [4.78, 5) is 23.5. The number of hydrogen-bond acceptors (Lipinski definition) is 5. The van der Waals surface area contributed by atoms with Crippen LogP contribution in [0.5, 0.6) is 0 Å². The first-order valence-corrected chi connectivity index (χ1v) is 8.88. The molecule has 0 radical (unpaired) electrons. The van der Waals surface area contributed by atoms with Gasteiger partial charge < -0.3 is 16.4 Å². The first kappa shape index (κ1) is 22.2. The lowest BCUT2D eigenvalue weighted by molar-refractivity contribution is -0.125. The first-order valence-electron chi connectivity index (χ1n) is 6.99. The highest BCUT2D eigenvalue weighted by Gasteiger charge is 2.17. The van der Waals surface area contributed by atoms with Crippen LogP contribution in [0.1, 0.15) is 13.8 Å². The Morgan fingerprint density at radius 1 is 1.21 bits per heavy atom. The lowest BCUT2D eigenvalue weighted by atomic mass is 10.1. The maximum absolute atomic E-state index is 11.8. The predicted octanol–water partition coefficient (Wildman–Crippen LogP) is 0.518. The van der Waals surface area contributed by atoms with Crippen molar-refractivity contribution in [3.05, 3.63) is 24.3 Å². The average Bonchev–Trinajstić information content (AvgIpc) is 2.42. The second-order valence-electron chi connectivity index (χ2n) is 5.49. The minimum absolute atomic E-state index is 0. The number of sulfonamides is 1. The molecule has 1 aromatic carbocycles. The monoisotopic (exact) mass is 378 g/mol. The quantitative estimate of drug-likeness (QED) is 0.549. The SMILES string of the molecule is CC(C)[C@H](N)C(=O)NCC(=O)Nc1cccc(NS(C)(=O)=O)c1.Cl. The lowest BCUT2D eigenvalue weighted by Gasteiger charge is -2.15. The van der Waals surface area contributed by atoms with Gasteiger partial charge in [0, 0.05) is 5.69 Å². The smallest absolute Gasteiger partial charge is 0.243 e. The van der Waals surface area contributed by atoms with Gasteiger partial charge in [-0.3, -0.25) is 14.3 Å². The van der Waals surface area contributed by atoms with Gasteiger partial charge in [-0.15, -0.1) is 12.4 Å². The Balaban J connectivity index is 0.00000529. The molecule has 5 N–H and O–H groups in total. The van der Waals surface area contributed by atoms with Crippen LogP contribution in [0.4, 0.5) is 11.4 Å². The number of nitrogens with one attached hydrogen (secondary N) is 3. The van der Waals surface area contributed by atoms with Crippen molar-refractivity contribution < 1.29 is 18.0 Å². The maximum Gasteiger partial charge on any atom is 0.243 e. The molecule has 0 spiro atoms. The third-order valence-electron chi connectivity index (χ3n) is 2.89. The standard InChI is InChI=1S/C14H22N4O4S.ClH/c1-9(2)13(15)14(20)16-8-12(19)17-10-5-4-6-11(7-10)18-23(3,21)22;/h4-7,9,13,18H,8,15H2,1-3H3,(H,16,20)(H,17,19);1H/t13-;/m0./s1. The fourth-order valence-corrected chi connectivity index (χ4v) is 2.22. The van der Waals surface area contributed by atoms with Gasteiger partial charge in [-0.2, -0.15) is 0 Å². The normalized spacial score (nSPS) is 12.0. The number of hydrogen-bond donors (Lipinski definition) is 4. The minimum Gasteiger partial charge on any atom is -0.346 e.